The number of nitrogens with zero attached hydrogens (tertiary/aromatic N) is 2. The largest absolute Gasteiger partial charge is 0.602 e. The highest BCUT2D eigenvalue weighted by atomic mass is 35.5. The second kappa shape index (κ2) is 5.87. The predicted octanol–water partition coefficient (Wildman–Crippen LogP) is 2.90. The Hall–Kier alpha value is -1.55. The minimum Gasteiger partial charge on any atom is -0.406 e. The van der Waals surface area contributed by atoms with Gasteiger partial charge in [-0.15, -0.1) is 0 Å². The molecule has 0 aliphatic rings. The molecule has 1 aromatic heterocycles. The van der Waals surface area contributed by atoms with E-state index in [0.29, 0.717) is 0 Å². The van der Waals surface area contributed by atoms with Gasteiger partial charge in [-0.25, -0.2) is 0 Å². The van der Waals surface area contributed by atoms with E-state index < -0.39 is 11.7 Å². The summed E-state index contributed by atoms with van der Waals surface area (Å²) in [4.78, 5) is 13.6. The van der Waals surface area contributed by atoms with Crippen LogP contribution in [0, 0.1) is 0 Å². The molecule has 1 rings (SSSR count). The van der Waals surface area contributed by atoms with Crippen molar-refractivity contribution < 1.29 is 14.1 Å². The van der Waals surface area contributed by atoms with Crippen molar-refractivity contribution in [3.63, 3.8) is 0 Å². The van der Waals surface area contributed by atoms with Crippen LogP contribution in [0.4, 0.5) is 10.5 Å². The number of carbonyl (C=O) groups is 1. The lowest BCUT2D eigenvalue weighted by Gasteiger charge is -2.16. The smallest absolute Gasteiger partial charge is 0.406 e. The Morgan fingerprint density at radius 2 is 1.94 bits per heavy atom. The van der Waals surface area contributed by atoms with Gasteiger partial charge in [-0.3, -0.25) is 0 Å². The molecule has 1 heterocycles. The molecule has 0 atom stereocenters. The van der Waals surface area contributed by atoms with Crippen molar-refractivity contribution in [3.05, 3.63) is 36.3 Å². The molecule has 98 valence electrons. The van der Waals surface area contributed by atoms with Crippen molar-refractivity contribution >= 4 is 23.4 Å². The zero-order valence-corrected chi connectivity index (χ0v) is 11.8. The summed E-state index contributed by atoms with van der Waals surface area (Å²) < 4.78 is 6.64. The van der Waals surface area contributed by atoms with Gasteiger partial charge < -0.3 is 9.64 Å². The number of pyridine rings is 1. The first-order chi connectivity index (χ1) is 8.33. The molecular weight excluding hydrogens is 252 g/mol. The van der Waals surface area contributed by atoms with E-state index in [1.54, 1.807) is 30.7 Å². The minimum absolute atomic E-state index is 0.399. The standard InChI is InChI=1S/C13H18ClN2O2/c1-13(2,3)18-12(17)16-8-5-11(6-9-16)15(4)10-7-14/h5-10H,1-4H3/q+1. The summed E-state index contributed by atoms with van der Waals surface area (Å²) in [6, 6.07) is 3.61. The van der Waals surface area contributed by atoms with Gasteiger partial charge in [-0.05, 0) is 20.8 Å². The Balaban J connectivity index is 2.80. The van der Waals surface area contributed by atoms with Crippen LogP contribution in [0.15, 0.2) is 36.3 Å². The van der Waals surface area contributed by atoms with Crippen LogP contribution >= 0.6 is 11.6 Å². The Kier molecular flexibility index (Phi) is 4.73. The third kappa shape index (κ3) is 4.37. The van der Waals surface area contributed by atoms with E-state index in [-0.39, 0.29) is 0 Å². The highest BCUT2D eigenvalue weighted by molar-refractivity contribution is 6.25. The third-order valence-corrected chi connectivity index (χ3v) is 2.22. The second-order valence-corrected chi connectivity index (χ2v) is 5.08. The highest BCUT2D eigenvalue weighted by Crippen LogP contribution is 2.10. The number of hydrogen-bond donors (Lipinski definition) is 0. The van der Waals surface area contributed by atoms with Gasteiger partial charge >= 0.3 is 6.09 Å². The molecule has 4 nitrogen and oxygen atoms in total. The number of rotatable bonds is 2. The molecule has 0 fully saturated rings. The van der Waals surface area contributed by atoms with Crippen LogP contribution in [-0.4, -0.2) is 18.7 Å². The third-order valence-electron chi connectivity index (χ3n) is 2.10. The van der Waals surface area contributed by atoms with Crippen LogP contribution < -0.4 is 9.47 Å². The van der Waals surface area contributed by atoms with Crippen LogP contribution in [0.3, 0.4) is 0 Å². The lowest BCUT2D eigenvalue weighted by atomic mass is 10.2. The molecule has 5 heteroatoms. The molecule has 0 aromatic carbocycles. The van der Waals surface area contributed by atoms with Crippen LogP contribution in [0.25, 0.3) is 0 Å². The fraction of sp³-hybridized carbons (Fsp3) is 0.385. The summed E-state index contributed by atoms with van der Waals surface area (Å²) in [5.41, 5.74) is 1.85. The number of halogens is 1. The van der Waals surface area contributed by atoms with Crippen molar-refractivity contribution in [1.82, 2.24) is 0 Å². The van der Waals surface area contributed by atoms with Gasteiger partial charge in [0.2, 0.25) is 0 Å². The van der Waals surface area contributed by atoms with Gasteiger partial charge in [0, 0.05) is 30.9 Å². The number of aromatic nitrogens is 1. The number of carbonyl (C=O) groups excluding carboxylic acids is 1. The summed E-state index contributed by atoms with van der Waals surface area (Å²) in [6.07, 6.45) is 4.63. The van der Waals surface area contributed by atoms with Crippen molar-refractivity contribution in [2.24, 2.45) is 0 Å². The lowest BCUT2D eigenvalue weighted by molar-refractivity contribution is -0.588. The highest BCUT2D eigenvalue weighted by Gasteiger charge is 2.24. The molecule has 0 aliphatic carbocycles. The fourth-order valence-electron chi connectivity index (χ4n) is 1.26. The molecule has 0 aliphatic heterocycles. The van der Waals surface area contributed by atoms with Crippen LogP contribution in [0.2, 0.25) is 0 Å². The van der Waals surface area contributed by atoms with Crippen LogP contribution in [-0.2, 0) is 4.74 Å². The number of hydrogen-bond acceptors (Lipinski definition) is 3. The SMILES string of the molecule is CN(C=CCl)c1cc[n+](C(=O)OC(C)(C)C)cc1. The van der Waals surface area contributed by atoms with Crippen LogP contribution in [0.1, 0.15) is 20.8 Å². The van der Waals surface area contributed by atoms with Crippen molar-refractivity contribution in [2.75, 3.05) is 11.9 Å². The van der Waals surface area contributed by atoms with E-state index in [0.717, 1.165) is 5.69 Å². The monoisotopic (exact) mass is 269 g/mol. The Bertz CT molecular complexity index is 435. The van der Waals surface area contributed by atoms with Gasteiger partial charge in [0.1, 0.15) is 5.60 Å². The molecule has 0 N–H and O–H groups in total. The molecule has 1 aromatic rings. The Morgan fingerprint density at radius 3 is 2.39 bits per heavy atom. The topological polar surface area (TPSA) is 33.4 Å². The van der Waals surface area contributed by atoms with Gasteiger partial charge in [0.25, 0.3) is 0 Å². The quantitative estimate of drug-likeness (QED) is 0.774. The van der Waals surface area contributed by atoms with E-state index in [1.807, 2.05) is 32.7 Å². The molecule has 18 heavy (non-hydrogen) atoms. The van der Waals surface area contributed by atoms with Crippen molar-refractivity contribution in [2.45, 2.75) is 26.4 Å². The molecule has 0 saturated carbocycles. The van der Waals surface area contributed by atoms with Crippen LogP contribution in [0.5, 0.6) is 0 Å². The summed E-state index contributed by atoms with van der Waals surface area (Å²) in [6.45, 7) is 5.50. The maximum absolute atomic E-state index is 11.8. The second-order valence-electron chi connectivity index (χ2n) is 4.83. The summed E-state index contributed by atoms with van der Waals surface area (Å²) in [7, 11) is 1.87. The first-order valence-electron chi connectivity index (χ1n) is 5.58. The minimum atomic E-state index is -0.499. The Morgan fingerprint density at radius 1 is 1.39 bits per heavy atom. The fourth-order valence-corrected chi connectivity index (χ4v) is 1.43. The van der Waals surface area contributed by atoms with E-state index in [9.17, 15) is 4.79 Å². The van der Waals surface area contributed by atoms with Gasteiger partial charge in [0.15, 0.2) is 12.4 Å². The lowest BCUT2D eigenvalue weighted by Crippen LogP contribution is -2.46. The van der Waals surface area contributed by atoms with E-state index in [1.165, 1.54) is 10.1 Å². The summed E-state index contributed by atoms with van der Waals surface area (Å²) >= 11 is 5.50. The maximum Gasteiger partial charge on any atom is 0.602 e. The zero-order valence-electron chi connectivity index (χ0n) is 11.1. The Labute approximate surface area is 112 Å². The first-order valence-corrected chi connectivity index (χ1v) is 6.01. The molecule has 0 saturated heterocycles. The average Bonchev–Trinajstić information content (AvgIpc) is 2.27. The average molecular weight is 270 g/mol. The molecule has 0 unspecified atom stereocenters. The predicted molar refractivity (Wildman–Crippen MR) is 71.7 cm³/mol. The van der Waals surface area contributed by atoms with E-state index in [2.05, 4.69) is 0 Å². The molecule has 0 amide bonds. The summed E-state index contributed by atoms with van der Waals surface area (Å²) in [5, 5.41) is 0. The first kappa shape index (κ1) is 14.5. The van der Waals surface area contributed by atoms with Gasteiger partial charge in [-0.2, -0.15) is 4.79 Å². The summed E-state index contributed by atoms with van der Waals surface area (Å²) in [5.74, 6) is 0. The number of anilines is 1. The van der Waals surface area contributed by atoms with E-state index in [4.69, 9.17) is 16.3 Å². The molecular formula is C13H18ClN2O2+. The maximum atomic E-state index is 11.8. The van der Waals surface area contributed by atoms with Crippen molar-refractivity contribution in [3.8, 4) is 0 Å². The molecule has 0 bridgehead atoms. The van der Waals surface area contributed by atoms with Gasteiger partial charge in [0.05, 0.1) is 5.69 Å². The molecule has 0 spiro atoms. The normalized spacial score (nSPS) is 11.6. The van der Waals surface area contributed by atoms with E-state index >= 15 is 0 Å². The number of ether oxygens (including phenoxy) is 1. The molecule has 0 radical (unpaired) electrons. The van der Waals surface area contributed by atoms with Gasteiger partial charge in [-0.1, -0.05) is 16.2 Å². The van der Waals surface area contributed by atoms with Crippen molar-refractivity contribution in [1.29, 1.82) is 0 Å². The zero-order chi connectivity index (χ0) is 13.8.